The summed E-state index contributed by atoms with van der Waals surface area (Å²) in [6.45, 7) is 6.51. The van der Waals surface area contributed by atoms with Gasteiger partial charge in [-0.05, 0) is 44.0 Å². The number of nitrogens with one attached hydrogen (secondary N) is 1. The van der Waals surface area contributed by atoms with Crippen LogP contribution in [0.3, 0.4) is 0 Å². The van der Waals surface area contributed by atoms with Gasteiger partial charge in [-0.1, -0.05) is 13.8 Å². The maximum absolute atomic E-state index is 12.0. The molecule has 0 aliphatic rings. The number of carbonyl (C=O) groups excluding carboxylic acids is 1. The van der Waals surface area contributed by atoms with E-state index >= 15 is 0 Å². The highest BCUT2D eigenvalue weighted by Gasteiger charge is 2.26. The Hall–Kier alpha value is -1.20. The van der Waals surface area contributed by atoms with Gasteiger partial charge in [0.1, 0.15) is 5.75 Å². The van der Waals surface area contributed by atoms with Crippen molar-refractivity contribution in [2.45, 2.75) is 44.0 Å². The smallest absolute Gasteiger partial charge is 0.230 e. The monoisotopic (exact) mass is 311 g/mol. The maximum atomic E-state index is 12.0. The molecule has 21 heavy (non-hydrogen) atoms. The van der Waals surface area contributed by atoms with E-state index in [1.54, 1.807) is 0 Å². The van der Waals surface area contributed by atoms with Crippen LogP contribution < -0.4 is 10.1 Å². The molecule has 0 bridgehead atoms. The average molecular weight is 311 g/mol. The third kappa shape index (κ3) is 5.59. The van der Waals surface area contributed by atoms with E-state index in [-0.39, 0.29) is 12.5 Å². The van der Waals surface area contributed by atoms with E-state index in [1.165, 1.54) is 11.8 Å². The summed E-state index contributed by atoms with van der Waals surface area (Å²) in [4.78, 5) is 13.0. The van der Waals surface area contributed by atoms with Crippen molar-refractivity contribution in [3.8, 4) is 5.75 Å². The summed E-state index contributed by atoms with van der Waals surface area (Å²) >= 11 is 1.48. The molecular weight excluding hydrogens is 286 g/mol. The molecule has 0 aliphatic heterocycles. The molecule has 0 fully saturated rings. The summed E-state index contributed by atoms with van der Waals surface area (Å²) < 4.78 is 5.38. The molecule has 1 aromatic carbocycles. The van der Waals surface area contributed by atoms with E-state index in [1.807, 2.05) is 45.0 Å². The first-order chi connectivity index (χ1) is 10.1. The molecule has 0 saturated heterocycles. The average Bonchev–Trinajstić information content (AvgIpc) is 2.52. The number of amides is 1. The van der Waals surface area contributed by atoms with Crippen LogP contribution in [0.1, 0.15) is 33.6 Å². The van der Waals surface area contributed by atoms with Gasteiger partial charge in [-0.15, -0.1) is 11.8 Å². The molecular formula is C16H25NO3S. The van der Waals surface area contributed by atoms with Crippen molar-refractivity contribution in [1.29, 1.82) is 0 Å². The maximum Gasteiger partial charge on any atom is 0.230 e. The Labute approximate surface area is 131 Å². The molecule has 4 nitrogen and oxygen atoms in total. The predicted octanol–water partition coefficient (Wildman–Crippen LogP) is 2.84. The number of hydrogen-bond donors (Lipinski definition) is 2. The van der Waals surface area contributed by atoms with Gasteiger partial charge in [0.05, 0.1) is 24.5 Å². The summed E-state index contributed by atoms with van der Waals surface area (Å²) in [5.74, 6) is 1.13. The Morgan fingerprint density at radius 1 is 1.24 bits per heavy atom. The summed E-state index contributed by atoms with van der Waals surface area (Å²) in [6.07, 6.45) is 1.44. The van der Waals surface area contributed by atoms with Gasteiger partial charge in [-0.2, -0.15) is 0 Å². The Balaban J connectivity index is 2.49. The molecule has 2 N–H and O–H groups in total. The fourth-order valence-corrected chi connectivity index (χ4v) is 2.67. The molecule has 0 aliphatic carbocycles. The number of rotatable bonds is 9. The molecule has 0 unspecified atom stereocenters. The SMILES string of the molecule is CCOc1ccc(SCC(=O)NC(CC)(CC)CO)cc1. The molecule has 0 saturated carbocycles. The third-order valence-corrected chi connectivity index (χ3v) is 4.58. The van der Waals surface area contributed by atoms with Crippen LogP contribution in [0.4, 0.5) is 0 Å². The number of aliphatic hydroxyl groups is 1. The van der Waals surface area contributed by atoms with E-state index in [0.29, 0.717) is 12.4 Å². The second-order valence-corrected chi connectivity index (χ2v) is 5.94. The van der Waals surface area contributed by atoms with Gasteiger partial charge in [-0.25, -0.2) is 0 Å². The van der Waals surface area contributed by atoms with Gasteiger partial charge in [0.15, 0.2) is 0 Å². The molecule has 0 atom stereocenters. The number of ether oxygens (including phenoxy) is 1. The normalized spacial score (nSPS) is 11.2. The second kappa shape index (κ2) is 8.95. The largest absolute Gasteiger partial charge is 0.494 e. The number of thioether (sulfide) groups is 1. The molecule has 1 rings (SSSR count). The van der Waals surface area contributed by atoms with E-state index in [9.17, 15) is 9.90 Å². The zero-order valence-electron chi connectivity index (χ0n) is 13.0. The Morgan fingerprint density at radius 3 is 2.33 bits per heavy atom. The third-order valence-electron chi connectivity index (χ3n) is 3.57. The summed E-state index contributed by atoms with van der Waals surface area (Å²) in [7, 11) is 0. The van der Waals surface area contributed by atoms with Crippen LogP contribution in [0.15, 0.2) is 29.2 Å². The predicted molar refractivity (Wildman–Crippen MR) is 86.9 cm³/mol. The van der Waals surface area contributed by atoms with Gasteiger partial charge in [0.25, 0.3) is 0 Å². The lowest BCUT2D eigenvalue weighted by Gasteiger charge is -2.30. The van der Waals surface area contributed by atoms with Crippen molar-refractivity contribution in [1.82, 2.24) is 5.32 Å². The zero-order valence-corrected chi connectivity index (χ0v) is 13.8. The van der Waals surface area contributed by atoms with Crippen LogP contribution in [-0.2, 0) is 4.79 Å². The summed E-state index contributed by atoms with van der Waals surface area (Å²) in [6, 6.07) is 7.70. The minimum atomic E-state index is -0.490. The van der Waals surface area contributed by atoms with Crippen molar-refractivity contribution >= 4 is 17.7 Å². The lowest BCUT2D eigenvalue weighted by atomic mass is 9.94. The highest BCUT2D eigenvalue weighted by molar-refractivity contribution is 8.00. The Bertz CT molecular complexity index is 421. The van der Waals surface area contributed by atoms with Gasteiger partial charge in [-0.3, -0.25) is 4.79 Å². The van der Waals surface area contributed by atoms with Crippen LogP contribution in [0, 0.1) is 0 Å². The van der Waals surface area contributed by atoms with Crippen LogP contribution in [-0.4, -0.2) is 35.5 Å². The van der Waals surface area contributed by atoms with Gasteiger partial charge >= 0.3 is 0 Å². The van der Waals surface area contributed by atoms with E-state index in [0.717, 1.165) is 23.5 Å². The fraction of sp³-hybridized carbons (Fsp3) is 0.562. The molecule has 0 aromatic heterocycles. The highest BCUT2D eigenvalue weighted by Crippen LogP contribution is 2.22. The summed E-state index contributed by atoms with van der Waals surface area (Å²) in [5.41, 5.74) is -0.490. The molecule has 5 heteroatoms. The number of aliphatic hydroxyl groups excluding tert-OH is 1. The van der Waals surface area contributed by atoms with E-state index < -0.39 is 5.54 Å². The van der Waals surface area contributed by atoms with E-state index in [2.05, 4.69) is 5.32 Å². The van der Waals surface area contributed by atoms with Gasteiger partial charge in [0, 0.05) is 4.90 Å². The number of carbonyl (C=O) groups is 1. The molecule has 118 valence electrons. The van der Waals surface area contributed by atoms with Crippen LogP contribution in [0.25, 0.3) is 0 Å². The van der Waals surface area contributed by atoms with Crippen molar-refractivity contribution in [2.24, 2.45) is 0 Å². The Morgan fingerprint density at radius 2 is 1.86 bits per heavy atom. The lowest BCUT2D eigenvalue weighted by Crippen LogP contribution is -2.51. The molecule has 0 spiro atoms. The molecule has 0 heterocycles. The fourth-order valence-electron chi connectivity index (χ4n) is 1.97. The van der Waals surface area contributed by atoms with Gasteiger partial charge < -0.3 is 15.2 Å². The second-order valence-electron chi connectivity index (χ2n) is 4.89. The minimum absolute atomic E-state index is 0.0283. The first-order valence-corrected chi connectivity index (χ1v) is 8.35. The highest BCUT2D eigenvalue weighted by atomic mass is 32.2. The molecule has 0 radical (unpaired) electrons. The summed E-state index contributed by atoms with van der Waals surface area (Å²) in [5, 5.41) is 12.4. The van der Waals surface area contributed by atoms with Crippen molar-refractivity contribution in [3.63, 3.8) is 0 Å². The lowest BCUT2D eigenvalue weighted by molar-refractivity contribution is -0.121. The number of hydrogen-bond acceptors (Lipinski definition) is 4. The minimum Gasteiger partial charge on any atom is -0.494 e. The van der Waals surface area contributed by atoms with Crippen molar-refractivity contribution in [2.75, 3.05) is 19.0 Å². The quantitative estimate of drug-likeness (QED) is 0.689. The van der Waals surface area contributed by atoms with Crippen molar-refractivity contribution < 1.29 is 14.6 Å². The van der Waals surface area contributed by atoms with Crippen LogP contribution in [0.2, 0.25) is 0 Å². The van der Waals surface area contributed by atoms with Crippen LogP contribution >= 0.6 is 11.8 Å². The van der Waals surface area contributed by atoms with Crippen molar-refractivity contribution in [3.05, 3.63) is 24.3 Å². The molecule has 1 amide bonds. The number of benzene rings is 1. The first-order valence-electron chi connectivity index (χ1n) is 7.36. The standard InChI is InChI=1S/C16H25NO3S/c1-4-16(5-2,12-18)17-15(19)11-21-14-9-7-13(8-10-14)20-6-3/h7-10,18H,4-6,11-12H2,1-3H3,(H,17,19). The zero-order chi connectivity index (χ0) is 15.7. The topological polar surface area (TPSA) is 58.6 Å². The van der Waals surface area contributed by atoms with Gasteiger partial charge in [0.2, 0.25) is 5.91 Å². The molecule has 1 aromatic rings. The Kier molecular flexibility index (Phi) is 7.61. The van der Waals surface area contributed by atoms with E-state index in [4.69, 9.17) is 4.74 Å². The van der Waals surface area contributed by atoms with Crippen LogP contribution in [0.5, 0.6) is 5.75 Å². The first kappa shape index (κ1) is 17.9.